The number of hydrogen-bond acceptors (Lipinski definition) is 7. The Hall–Kier alpha value is -1.42. The van der Waals surface area contributed by atoms with Gasteiger partial charge in [-0.1, -0.05) is 42.4 Å². The van der Waals surface area contributed by atoms with Crippen LogP contribution in [0.4, 0.5) is 0 Å². The minimum Gasteiger partial charge on any atom is -0.379 e. The number of aromatic amines is 1. The Bertz CT molecular complexity index is 929. The molecule has 0 bridgehead atoms. The highest BCUT2D eigenvalue weighted by Gasteiger charge is 2.15. The number of rotatable bonds is 18. The molecule has 1 heterocycles. The molecule has 0 amide bonds. The molecule has 2 N–H and O–H groups in total. The van der Waals surface area contributed by atoms with Crippen LogP contribution in [0.3, 0.4) is 0 Å². The molecule has 8 heteroatoms. The number of unbranched alkanes of at least 4 members (excludes halogenated alkanes) is 2. The number of hydrogen-bond donors (Lipinski definition) is 2. The van der Waals surface area contributed by atoms with Crippen molar-refractivity contribution in [1.82, 2.24) is 15.3 Å². The van der Waals surface area contributed by atoms with Gasteiger partial charge < -0.3 is 19.8 Å². The molecular weight excluding hydrogens is 507 g/mol. The Balaban J connectivity index is 1.47. The van der Waals surface area contributed by atoms with Crippen LogP contribution in [-0.4, -0.2) is 67.7 Å². The third-order valence-electron chi connectivity index (χ3n) is 5.66. The summed E-state index contributed by atoms with van der Waals surface area (Å²) in [5.41, 5.74) is 4.43. The lowest BCUT2D eigenvalue weighted by Gasteiger charge is -2.06. The Morgan fingerprint density at radius 2 is 1.44 bits per heavy atom. The van der Waals surface area contributed by atoms with Crippen LogP contribution >= 0.6 is 35.3 Å². The van der Waals surface area contributed by atoms with E-state index in [1.807, 2.05) is 18.7 Å². The molecule has 0 saturated carbocycles. The van der Waals surface area contributed by atoms with Crippen molar-refractivity contribution in [3.8, 4) is 22.5 Å². The van der Waals surface area contributed by atoms with Gasteiger partial charge in [-0.25, -0.2) is 4.98 Å². The maximum Gasteiger partial charge on any atom is 0.166 e. The van der Waals surface area contributed by atoms with Gasteiger partial charge in [0.25, 0.3) is 0 Å². The van der Waals surface area contributed by atoms with Gasteiger partial charge in [-0.3, -0.25) is 0 Å². The van der Waals surface area contributed by atoms with Gasteiger partial charge in [-0.2, -0.15) is 0 Å². The molecule has 0 aliphatic heterocycles. The zero-order valence-corrected chi connectivity index (χ0v) is 24.1. The van der Waals surface area contributed by atoms with Crippen LogP contribution in [0.2, 0.25) is 0 Å². The van der Waals surface area contributed by atoms with E-state index in [0.717, 1.165) is 54.2 Å². The molecule has 0 radical (unpaired) electrons. The van der Waals surface area contributed by atoms with Crippen LogP contribution in [0.1, 0.15) is 26.2 Å². The first kappa shape index (κ1) is 29.1. The van der Waals surface area contributed by atoms with E-state index in [2.05, 4.69) is 71.3 Å². The quantitative estimate of drug-likeness (QED) is 0.131. The highest BCUT2D eigenvalue weighted by molar-refractivity contribution is 7.99. The molecule has 0 spiro atoms. The van der Waals surface area contributed by atoms with Crippen molar-refractivity contribution in [2.45, 2.75) is 41.1 Å². The average molecular weight is 546 g/mol. The van der Waals surface area contributed by atoms with E-state index in [1.165, 1.54) is 34.6 Å². The number of ether oxygens (including phenoxy) is 2. The van der Waals surface area contributed by atoms with Crippen LogP contribution in [0.15, 0.2) is 63.5 Å². The number of H-pyrrole nitrogens is 1. The minimum absolute atomic E-state index is 0.676. The summed E-state index contributed by atoms with van der Waals surface area (Å²) < 4.78 is 10.8. The van der Waals surface area contributed by atoms with Crippen molar-refractivity contribution >= 4 is 35.3 Å². The molecule has 2 aromatic carbocycles. The van der Waals surface area contributed by atoms with Crippen molar-refractivity contribution < 1.29 is 9.47 Å². The first-order valence-corrected chi connectivity index (χ1v) is 16.1. The summed E-state index contributed by atoms with van der Waals surface area (Å²) in [4.78, 5) is 11.1. The zero-order chi connectivity index (χ0) is 25.4. The van der Waals surface area contributed by atoms with Crippen molar-refractivity contribution in [2.24, 2.45) is 0 Å². The van der Waals surface area contributed by atoms with E-state index < -0.39 is 0 Å². The highest BCUT2D eigenvalue weighted by atomic mass is 32.2. The van der Waals surface area contributed by atoms with Gasteiger partial charge in [0, 0.05) is 39.8 Å². The predicted molar refractivity (Wildman–Crippen MR) is 158 cm³/mol. The summed E-state index contributed by atoms with van der Waals surface area (Å²) in [6.07, 6.45) is 7.77. The summed E-state index contributed by atoms with van der Waals surface area (Å²) in [7, 11) is 0. The number of nitrogens with one attached hydrogen (secondary N) is 2. The molecule has 5 nitrogen and oxygen atoms in total. The molecule has 0 aliphatic rings. The Kier molecular flexibility index (Phi) is 13.9. The molecule has 0 fully saturated rings. The molecule has 0 atom stereocenters. The summed E-state index contributed by atoms with van der Waals surface area (Å²) in [6, 6.07) is 17.4. The largest absolute Gasteiger partial charge is 0.379 e. The fourth-order valence-electron chi connectivity index (χ4n) is 3.68. The van der Waals surface area contributed by atoms with Crippen LogP contribution in [0.5, 0.6) is 0 Å². The monoisotopic (exact) mass is 545 g/mol. The second-order valence-corrected chi connectivity index (χ2v) is 11.0. The Labute approximate surface area is 229 Å². The molecule has 196 valence electrons. The summed E-state index contributed by atoms with van der Waals surface area (Å²) in [5.74, 6) is 1.06. The van der Waals surface area contributed by atoms with Gasteiger partial charge in [-0.15, -0.1) is 23.5 Å². The van der Waals surface area contributed by atoms with Gasteiger partial charge in [0.05, 0.1) is 31.2 Å². The predicted octanol–water partition coefficient (Wildman–Crippen LogP) is 7.09. The van der Waals surface area contributed by atoms with Crippen molar-refractivity contribution in [3.05, 3.63) is 48.5 Å². The maximum absolute atomic E-state index is 5.52. The molecular formula is C28H39N3O2S3. The van der Waals surface area contributed by atoms with Gasteiger partial charge in [-0.05, 0) is 63.1 Å². The first-order valence-electron chi connectivity index (χ1n) is 12.6. The van der Waals surface area contributed by atoms with E-state index >= 15 is 0 Å². The number of benzene rings is 2. The lowest BCUT2D eigenvalue weighted by Crippen LogP contribution is -2.21. The van der Waals surface area contributed by atoms with E-state index in [4.69, 9.17) is 14.5 Å². The molecule has 36 heavy (non-hydrogen) atoms. The number of aromatic nitrogens is 2. The van der Waals surface area contributed by atoms with Crippen molar-refractivity contribution in [1.29, 1.82) is 0 Å². The zero-order valence-electron chi connectivity index (χ0n) is 21.7. The molecule has 1 aromatic heterocycles. The normalized spacial score (nSPS) is 11.3. The lowest BCUT2D eigenvalue weighted by atomic mass is 10.1. The van der Waals surface area contributed by atoms with Gasteiger partial charge in [0.1, 0.15) is 0 Å². The smallest absolute Gasteiger partial charge is 0.166 e. The van der Waals surface area contributed by atoms with Gasteiger partial charge >= 0.3 is 0 Å². The fraction of sp³-hybridized carbons (Fsp3) is 0.464. The fourth-order valence-corrected chi connectivity index (χ4v) is 5.36. The van der Waals surface area contributed by atoms with Crippen LogP contribution in [0.25, 0.3) is 22.5 Å². The number of nitrogens with zero attached hydrogens (tertiary/aromatic N) is 1. The third kappa shape index (κ3) is 9.80. The van der Waals surface area contributed by atoms with Crippen LogP contribution in [0, 0.1) is 0 Å². The molecule has 3 aromatic rings. The lowest BCUT2D eigenvalue weighted by molar-refractivity contribution is 0.0540. The minimum atomic E-state index is 0.676. The molecule has 3 rings (SSSR count). The molecule has 0 saturated heterocycles. The summed E-state index contributed by atoms with van der Waals surface area (Å²) in [5, 5.41) is 4.45. The SMILES string of the molecule is CCOCCOCCNCCCCCSc1nc(-c2ccc(SC)cc2)c(-c2ccc(SC)cc2)[nH]1. The first-order chi connectivity index (χ1) is 17.7. The maximum atomic E-state index is 5.52. The number of thioether (sulfide) groups is 3. The second-order valence-electron chi connectivity index (χ2n) is 8.19. The van der Waals surface area contributed by atoms with E-state index in [-0.39, 0.29) is 0 Å². The Morgan fingerprint density at radius 1 is 0.778 bits per heavy atom. The van der Waals surface area contributed by atoms with Crippen molar-refractivity contribution in [2.75, 3.05) is 57.8 Å². The Morgan fingerprint density at radius 3 is 2.11 bits per heavy atom. The topological polar surface area (TPSA) is 59.2 Å². The highest BCUT2D eigenvalue weighted by Crippen LogP contribution is 2.34. The molecule has 0 aliphatic carbocycles. The van der Waals surface area contributed by atoms with Crippen molar-refractivity contribution in [3.63, 3.8) is 0 Å². The summed E-state index contributed by atoms with van der Waals surface area (Å²) in [6.45, 7) is 6.78. The van der Waals surface area contributed by atoms with E-state index in [0.29, 0.717) is 13.2 Å². The standard InChI is InChI=1S/C28H39N3O2S3/c1-4-32-19-20-33-18-17-29-16-6-5-7-21-36-28-30-26(22-8-12-24(34-2)13-9-22)27(31-28)23-10-14-25(35-3)15-11-23/h8-15,29H,4-7,16-21H2,1-3H3,(H,30,31). The van der Waals surface area contributed by atoms with Gasteiger partial charge in [0.15, 0.2) is 5.16 Å². The average Bonchev–Trinajstić information content (AvgIpc) is 3.35. The van der Waals surface area contributed by atoms with Crippen LogP contribution < -0.4 is 5.32 Å². The van der Waals surface area contributed by atoms with Gasteiger partial charge in [0.2, 0.25) is 0 Å². The van der Waals surface area contributed by atoms with E-state index in [1.54, 1.807) is 23.5 Å². The third-order valence-corrected chi connectivity index (χ3v) is 8.11. The number of imidazole rings is 1. The van der Waals surface area contributed by atoms with E-state index in [9.17, 15) is 0 Å². The molecule has 0 unspecified atom stereocenters. The summed E-state index contributed by atoms with van der Waals surface area (Å²) >= 11 is 5.33. The van der Waals surface area contributed by atoms with Crippen LogP contribution in [-0.2, 0) is 9.47 Å². The second kappa shape index (κ2) is 17.2.